The maximum absolute atomic E-state index is 9.03. The molecule has 1 rings (SSSR count). The summed E-state index contributed by atoms with van der Waals surface area (Å²) in [6, 6.07) is 7.89. The van der Waals surface area contributed by atoms with Gasteiger partial charge in [-0.1, -0.05) is 46.9 Å². The lowest BCUT2D eigenvalue weighted by molar-refractivity contribution is 0.281. The van der Waals surface area contributed by atoms with Crippen LogP contribution < -0.4 is 0 Å². The monoisotopic (exact) mass is 274 g/mol. The summed E-state index contributed by atoms with van der Waals surface area (Å²) in [4.78, 5) is 0. The normalized spacial score (nSPS) is 11.8. The lowest BCUT2D eigenvalue weighted by Crippen LogP contribution is -1.89. The quantitative estimate of drug-likeness (QED) is 0.822. The van der Waals surface area contributed by atoms with Crippen LogP contribution in [0.15, 0.2) is 28.3 Å². The summed E-state index contributed by atoms with van der Waals surface area (Å²) in [5.41, 5.74) is 3.32. The van der Waals surface area contributed by atoms with Gasteiger partial charge in [-0.25, -0.2) is 0 Å². The molecule has 2 heteroatoms. The predicted molar refractivity (Wildman–Crippen MR) is 60.0 cm³/mol. The number of rotatable bonds is 2. The van der Waals surface area contributed by atoms with Gasteiger partial charge in [0.1, 0.15) is 0 Å². The fourth-order valence-electron chi connectivity index (χ4n) is 1.10. The highest BCUT2D eigenvalue weighted by Crippen LogP contribution is 2.19. The van der Waals surface area contributed by atoms with Crippen LogP contribution in [0.3, 0.4) is 0 Å². The second-order valence-corrected chi connectivity index (χ2v) is 3.23. The molecule has 0 unspecified atom stereocenters. The highest BCUT2D eigenvalue weighted by molar-refractivity contribution is 14.1. The Bertz CT molecular complexity index is 292. The Labute approximate surface area is 86.3 Å². The van der Waals surface area contributed by atoms with Crippen molar-refractivity contribution in [1.29, 1.82) is 0 Å². The fourth-order valence-corrected chi connectivity index (χ4v) is 1.44. The first kappa shape index (κ1) is 9.74. The highest BCUT2D eigenvalue weighted by Gasteiger charge is 2.00. The van der Waals surface area contributed by atoms with E-state index in [1.165, 1.54) is 5.57 Å². The minimum absolute atomic E-state index is 0.109. The molecule has 1 nitrogen and oxygen atoms in total. The minimum atomic E-state index is 0.109. The Balaban J connectivity index is 3.13. The van der Waals surface area contributed by atoms with Crippen LogP contribution in [0.1, 0.15) is 18.1 Å². The summed E-state index contributed by atoms with van der Waals surface area (Å²) < 4.78 is 2.02. The van der Waals surface area contributed by atoms with Crippen LogP contribution in [0.5, 0.6) is 0 Å². The topological polar surface area (TPSA) is 20.2 Å². The predicted octanol–water partition coefficient (Wildman–Crippen LogP) is 2.97. The first-order chi connectivity index (χ1) is 5.79. The van der Waals surface area contributed by atoms with Crippen LogP contribution in [0.4, 0.5) is 0 Å². The average Bonchev–Trinajstić information content (AvgIpc) is 2.16. The van der Waals surface area contributed by atoms with E-state index in [0.717, 1.165) is 11.1 Å². The van der Waals surface area contributed by atoms with E-state index in [2.05, 4.69) is 22.6 Å². The van der Waals surface area contributed by atoms with Crippen molar-refractivity contribution in [2.75, 3.05) is 0 Å². The summed E-state index contributed by atoms with van der Waals surface area (Å²) in [6.07, 6.45) is 0. The zero-order valence-electron chi connectivity index (χ0n) is 6.92. The van der Waals surface area contributed by atoms with Gasteiger partial charge in [0.2, 0.25) is 0 Å². The highest BCUT2D eigenvalue weighted by atomic mass is 127. The standard InChI is InChI=1S/C10H11IO/c1-8(6-11)10-5-3-2-4-9(10)7-12/h2-6,12H,7H2,1H3/b8-6+. The van der Waals surface area contributed by atoms with Gasteiger partial charge in [-0.15, -0.1) is 0 Å². The molecule has 0 aliphatic carbocycles. The molecule has 0 radical (unpaired) electrons. The van der Waals surface area contributed by atoms with Gasteiger partial charge < -0.3 is 5.11 Å². The lowest BCUT2D eigenvalue weighted by atomic mass is 10.0. The molecule has 0 atom stereocenters. The van der Waals surface area contributed by atoms with Crippen LogP contribution in [0, 0.1) is 0 Å². The van der Waals surface area contributed by atoms with Gasteiger partial charge in [-0.2, -0.15) is 0 Å². The van der Waals surface area contributed by atoms with Crippen molar-refractivity contribution in [3.05, 3.63) is 39.5 Å². The Morgan fingerprint density at radius 3 is 2.75 bits per heavy atom. The SMILES string of the molecule is C/C(=C\I)c1ccccc1CO. The van der Waals surface area contributed by atoms with Crippen molar-refractivity contribution in [1.82, 2.24) is 0 Å². The molecule has 64 valence electrons. The number of allylic oxidation sites excluding steroid dienone is 1. The van der Waals surface area contributed by atoms with Gasteiger partial charge in [0, 0.05) is 0 Å². The van der Waals surface area contributed by atoms with Gasteiger partial charge in [-0.3, -0.25) is 0 Å². The van der Waals surface area contributed by atoms with E-state index in [1.54, 1.807) is 0 Å². The third-order valence-corrected chi connectivity index (χ3v) is 2.71. The maximum Gasteiger partial charge on any atom is 0.0687 e. The van der Waals surface area contributed by atoms with E-state index in [-0.39, 0.29) is 6.61 Å². The molecule has 0 heterocycles. The Hall–Kier alpha value is -0.350. The van der Waals surface area contributed by atoms with Crippen molar-refractivity contribution in [2.45, 2.75) is 13.5 Å². The van der Waals surface area contributed by atoms with Crippen molar-refractivity contribution in [3.8, 4) is 0 Å². The van der Waals surface area contributed by atoms with E-state index in [0.29, 0.717) is 0 Å². The minimum Gasteiger partial charge on any atom is -0.392 e. The average molecular weight is 274 g/mol. The summed E-state index contributed by atoms with van der Waals surface area (Å²) >= 11 is 2.21. The second-order valence-electron chi connectivity index (χ2n) is 2.61. The molecule has 0 aliphatic rings. The third-order valence-electron chi connectivity index (χ3n) is 1.78. The van der Waals surface area contributed by atoms with Gasteiger partial charge in [0.25, 0.3) is 0 Å². The van der Waals surface area contributed by atoms with Gasteiger partial charge in [0.15, 0.2) is 0 Å². The van der Waals surface area contributed by atoms with E-state index < -0.39 is 0 Å². The fraction of sp³-hybridized carbons (Fsp3) is 0.200. The number of hydrogen-bond donors (Lipinski definition) is 1. The molecule has 0 saturated heterocycles. The Kier molecular flexibility index (Phi) is 3.75. The number of aliphatic hydroxyl groups excluding tert-OH is 1. The van der Waals surface area contributed by atoms with Gasteiger partial charge in [-0.05, 0) is 27.7 Å². The van der Waals surface area contributed by atoms with Gasteiger partial charge >= 0.3 is 0 Å². The molecule has 0 spiro atoms. The molecule has 0 amide bonds. The zero-order chi connectivity index (χ0) is 8.97. The second kappa shape index (κ2) is 4.62. The van der Waals surface area contributed by atoms with E-state index in [9.17, 15) is 0 Å². The molecule has 0 fully saturated rings. The van der Waals surface area contributed by atoms with Crippen LogP contribution in [-0.4, -0.2) is 5.11 Å². The maximum atomic E-state index is 9.03. The van der Waals surface area contributed by atoms with Crippen molar-refractivity contribution < 1.29 is 5.11 Å². The lowest BCUT2D eigenvalue weighted by Gasteiger charge is -2.05. The Morgan fingerprint density at radius 2 is 2.17 bits per heavy atom. The number of benzene rings is 1. The van der Waals surface area contributed by atoms with Crippen LogP contribution >= 0.6 is 22.6 Å². The zero-order valence-corrected chi connectivity index (χ0v) is 9.08. The molecule has 0 aromatic heterocycles. The van der Waals surface area contributed by atoms with E-state index in [1.807, 2.05) is 35.3 Å². The first-order valence-electron chi connectivity index (χ1n) is 3.75. The molecule has 0 saturated carbocycles. The molecule has 1 aromatic rings. The summed E-state index contributed by atoms with van der Waals surface area (Å²) in [5, 5.41) is 9.03. The van der Waals surface area contributed by atoms with Crippen molar-refractivity contribution in [3.63, 3.8) is 0 Å². The third kappa shape index (κ3) is 2.08. The van der Waals surface area contributed by atoms with Crippen LogP contribution in [0.2, 0.25) is 0 Å². The number of hydrogen-bond acceptors (Lipinski definition) is 1. The number of aliphatic hydroxyl groups is 1. The molecule has 12 heavy (non-hydrogen) atoms. The molecule has 1 aromatic carbocycles. The van der Waals surface area contributed by atoms with Gasteiger partial charge in [0.05, 0.1) is 6.61 Å². The van der Waals surface area contributed by atoms with Crippen LogP contribution in [-0.2, 0) is 6.61 Å². The first-order valence-corrected chi connectivity index (χ1v) is 5.00. The summed E-state index contributed by atoms with van der Waals surface area (Å²) in [5.74, 6) is 0. The molecular weight excluding hydrogens is 263 g/mol. The van der Waals surface area contributed by atoms with E-state index in [4.69, 9.17) is 5.11 Å². The summed E-state index contributed by atoms with van der Waals surface area (Å²) in [7, 11) is 0. The Morgan fingerprint density at radius 1 is 1.50 bits per heavy atom. The summed E-state index contributed by atoms with van der Waals surface area (Å²) in [6.45, 7) is 2.15. The van der Waals surface area contributed by atoms with Crippen molar-refractivity contribution in [2.24, 2.45) is 0 Å². The largest absolute Gasteiger partial charge is 0.392 e. The molecule has 1 N–H and O–H groups in total. The smallest absolute Gasteiger partial charge is 0.0687 e. The van der Waals surface area contributed by atoms with E-state index >= 15 is 0 Å². The van der Waals surface area contributed by atoms with Crippen molar-refractivity contribution >= 4 is 28.2 Å². The molecule has 0 bridgehead atoms. The van der Waals surface area contributed by atoms with Crippen LogP contribution in [0.25, 0.3) is 5.57 Å². The molecule has 0 aliphatic heterocycles. The molecular formula is C10H11IO. The number of halogens is 1.